The number of methoxy groups -OCH3 is 1. The fourth-order valence-electron chi connectivity index (χ4n) is 2.25. The Morgan fingerprint density at radius 1 is 1.21 bits per heavy atom. The van der Waals surface area contributed by atoms with Gasteiger partial charge in [0.1, 0.15) is 5.75 Å². The lowest BCUT2D eigenvalue weighted by Crippen LogP contribution is -2.01. The van der Waals surface area contributed by atoms with Crippen molar-refractivity contribution in [1.82, 2.24) is 15.2 Å². The SMILES string of the molecule is COc1cccc(C(O)CSc2n[nH]c(-c3ccc(C)cc3)n2)c1. The van der Waals surface area contributed by atoms with Crippen molar-refractivity contribution in [2.45, 2.75) is 18.2 Å². The summed E-state index contributed by atoms with van der Waals surface area (Å²) in [7, 11) is 1.61. The molecule has 0 fully saturated rings. The van der Waals surface area contributed by atoms with Crippen molar-refractivity contribution in [3.63, 3.8) is 0 Å². The van der Waals surface area contributed by atoms with Gasteiger partial charge in [0.2, 0.25) is 5.16 Å². The molecule has 1 unspecified atom stereocenters. The molecule has 5 nitrogen and oxygen atoms in total. The van der Waals surface area contributed by atoms with E-state index in [0.717, 1.165) is 22.7 Å². The van der Waals surface area contributed by atoms with Gasteiger partial charge in [0, 0.05) is 11.3 Å². The Kier molecular flexibility index (Phi) is 5.17. The van der Waals surface area contributed by atoms with E-state index in [1.54, 1.807) is 7.11 Å². The third-order valence-electron chi connectivity index (χ3n) is 3.64. The molecular weight excluding hydrogens is 322 g/mol. The topological polar surface area (TPSA) is 71.0 Å². The minimum atomic E-state index is -0.605. The highest BCUT2D eigenvalue weighted by molar-refractivity contribution is 7.99. The number of nitrogens with zero attached hydrogens (tertiary/aromatic N) is 2. The van der Waals surface area contributed by atoms with E-state index < -0.39 is 6.10 Å². The summed E-state index contributed by atoms with van der Waals surface area (Å²) in [4.78, 5) is 4.47. The average Bonchev–Trinajstić information content (AvgIpc) is 3.09. The first-order chi connectivity index (χ1) is 11.7. The number of hydrogen-bond donors (Lipinski definition) is 2. The standard InChI is InChI=1S/C18H19N3O2S/c1-12-6-8-13(9-7-12)17-19-18(21-20-17)24-11-16(22)14-4-3-5-15(10-14)23-2/h3-10,16,22H,11H2,1-2H3,(H,19,20,21). The van der Waals surface area contributed by atoms with Crippen molar-refractivity contribution in [3.8, 4) is 17.1 Å². The largest absolute Gasteiger partial charge is 0.497 e. The van der Waals surface area contributed by atoms with Crippen molar-refractivity contribution < 1.29 is 9.84 Å². The van der Waals surface area contributed by atoms with E-state index in [0.29, 0.717) is 10.9 Å². The van der Waals surface area contributed by atoms with Crippen LogP contribution in [0, 0.1) is 6.92 Å². The van der Waals surface area contributed by atoms with Gasteiger partial charge in [-0.05, 0) is 24.6 Å². The fraction of sp³-hybridized carbons (Fsp3) is 0.222. The molecule has 24 heavy (non-hydrogen) atoms. The van der Waals surface area contributed by atoms with Gasteiger partial charge < -0.3 is 9.84 Å². The predicted octanol–water partition coefficient (Wildman–Crippen LogP) is 3.61. The Bertz CT molecular complexity index is 802. The van der Waals surface area contributed by atoms with Gasteiger partial charge in [-0.2, -0.15) is 0 Å². The fourth-order valence-corrected chi connectivity index (χ4v) is 3.02. The summed E-state index contributed by atoms with van der Waals surface area (Å²) < 4.78 is 5.18. The molecule has 124 valence electrons. The van der Waals surface area contributed by atoms with Crippen LogP contribution in [0.2, 0.25) is 0 Å². The van der Waals surface area contributed by atoms with E-state index in [4.69, 9.17) is 4.74 Å². The monoisotopic (exact) mass is 341 g/mol. The van der Waals surface area contributed by atoms with Crippen molar-refractivity contribution in [1.29, 1.82) is 0 Å². The van der Waals surface area contributed by atoms with Gasteiger partial charge >= 0.3 is 0 Å². The van der Waals surface area contributed by atoms with Crippen LogP contribution in [0.4, 0.5) is 0 Å². The second kappa shape index (κ2) is 7.51. The van der Waals surface area contributed by atoms with Gasteiger partial charge in [-0.3, -0.25) is 5.10 Å². The third kappa shape index (κ3) is 3.96. The number of aromatic nitrogens is 3. The molecule has 0 aliphatic carbocycles. The molecular formula is C18H19N3O2S. The lowest BCUT2D eigenvalue weighted by atomic mass is 10.1. The van der Waals surface area contributed by atoms with Crippen LogP contribution >= 0.6 is 11.8 Å². The van der Waals surface area contributed by atoms with Crippen LogP contribution in [-0.4, -0.2) is 33.2 Å². The minimum Gasteiger partial charge on any atom is -0.497 e. The Balaban J connectivity index is 1.63. The number of aliphatic hydroxyl groups excluding tert-OH is 1. The number of hydrogen-bond acceptors (Lipinski definition) is 5. The van der Waals surface area contributed by atoms with E-state index in [1.165, 1.54) is 17.3 Å². The Morgan fingerprint density at radius 2 is 2.00 bits per heavy atom. The molecule has 0 bridgehead atoms. The third-order valence-corrected chi connectivity index (χ3v) is 4.56. The van der Waals surface area contributed by atoms with Crippen LogP contribution in [-0.2, 0) is 0 Å². The minimum absolute atomic E-state index is 0.471. The highest BCUT2D eigenvalue weighted by atomic mass is 32.2. The Labute approximate surface area is 145 Å². The molecule has 0 radical (unpaired) electrons. The highest BCUT2D eigenvalue weighted by Crippen LogP contribution is 2.26. The van der Waals surface area contributed by atoms with E-state index in [1.807, 2.05) is 55.5 Å². The number of aryl methyl sites for hydroxylation is 1. The number of H-pyrrole nitrogens is 1. The lowest BCUT2D eigenvalue weighted by molar-refractivity contribution is 0.203. The summed E-state index contributed by atoms with van der Waals surface area (Å²) in [5, 5.41) is 18.1. The van der Waals surface area contributed by atoms with Crippen LogP contribution < -0.4 is 4.74 Å². The Hall–Kier alpha value is -2.31. The smallest absolute Gasteiger partial charge is 0.208 e. The first kappa shape index (κ1) is 16.5. The average molecular weight is 341 g/mol. The lowest BCUT2D eigenvalue weighted by Gasteiger charge is -2.10. The van der Waals surface area contributed by atoms with Crippen LogP contribution in [0.1, 0.15) is 17.2 Å². The molecule has 0 amide bonds. The molecule has 1 atom stereocenters. The number of ether oxygens (including phenoxy) is 1. The van der Waals surface area contributed by atoms with Crippen LogP contribution in [0.5, 0.6) is 5.75 Å². The summed E-state index contributed by atoms with van der Waals surface area (Å²) in [5.41, 5.74) is 3.01. The number of thioether (sulfide) groups is 1. The quantitative estimate of drug-likeness (QED) is 0.670. The molecule has 0 saturated heterocycles. The normalized spacial score (nSPS) is 12.1. The maximum atomic E-state index is 10.3. The van der Waals surface area contributed by atoms with Crippen molar-refractivity contribution in [2.75, 3.05) is 12.9 Å². The van der Waals surface area contributed by atoms with E-state index in [-0.39, 0.29) is 0 Å². The molecule has 6 heteroatoms. The second-order valence-corrected chi connectivity index (χ2v) is 6.42. The van der Waals surface area contributed by atoms with Crippen molar-refractivity contribution in [2.24, 2.45) is 0 Å². The maximum Gasteiger partial charge on any atom is 0.208 e. The molecule has 3 rings (SSSR count). The molecule has 2 aromatic carbocycles. The van der Waals surface area contributed by atoms with Gasteiger partial charge in [-0.15, -0.1) is 5.10 Å². The maximum absolute atomic E-state index is 10.3. The molecule has 0 aliphatic heterocycles. The summed E-state index contributed by atoms with van der Waals surface area (Å²) in [5.74, 6) is 1.93. The van der Waals surface area contributed by atoms with Gasteiger partial charge in [-0.1, -0.05) is 53.7 Å². The Morgan fingerprint density at radius 3 is 2.75 bits per heavy atom. The van der Waals surface area contributed by atoms with E-state index in [9.17, 15) is 5.11 Å². The molecule has 0 saturated carbocycles. The zero-order chi connectivity index (χ0) is 16.9. The van der Waals surface area contributed by atoms with Gasteiger partial charge in [0.25, 0.3) is 0 Å². The predicted molar refractivity (Wildman–Crippen MR) is 95.2 cm³/mol. The summed E-state index contributed by atoms with van der Waals surface area (Å²) >= 11 is 1.41. The summed E-state index contributed by atoms with van der Waals surface area (Å²) in [6.07, 6.45) is -0.605. The van der Waals surface area contributed by atoms with E-state index in [2.05, 4.69) is 15.2 Å². The molecule has 3 aromatic rings. The molecule has 2 N–H and O–H groups in total. The molecule has 1 heterocycles. The van der Waals surface area contributed by atoms with Crippen LogP contribution in [0.25, 0.3) is 11.4 Å². The van der Waals surface area contributed by atoms with E-state index >= 15 is 0 Å². The van der Waals surface area contributed by atoms with Gasteiger partial charge in [0.15, 0.2) is 5.82 Å². The first-order valence-electron chi connectivity index (χ1n) is 7.60. The van der Waals surface area contributed by atoms with Gasteiger partial charge in [0.05, 0.1) is 13.2 Å². The number of benzene rings is 2. The zero-order valence-electron chi connectivity index (χ0n) is 13.6. The molecule has 1 aromatic heterocycles. The summed E-state index contributed by atoms with van der Waals surface area (Å²) in [6, 6.07) is 15.5. The number of aromatic amines is 1. The number of aliphatic hydroxyl groups is 1. The van der Waals surface area contributed by atoms with Crippen LogP contribution in [0.3, 0.4) is 0 Å². The number of rotatable bonds is 6. The first-order valence-corrected chi connectivity index (χ1v) is 8.58. The number of nitrogens with one attached hydrogen (secondary N) is 1. The molecule has 0 aliphatic rings. The van der Waals surface area contributed by atoms with Crippen molar-refractivity contribution >= 4 is 11.8 Å². The highest BCUT2D eigenvalue weighted by Gasteiger charge is 2.12. The second-order valence-electron chi connectivity index (χ2n) is 5.44. The van der Waals surface area contributed by atoms with Crippen LogP contribution in [0.15, 0.2) is 53.7 Å². The van der Waals surface area contributed by atoms with Gasteiger partial charge in [-0.25, -0.2) is 4.98 Å². The molecule has 0 spiro atoms. The summed E-state index contributed by atoms with van der Waals surface area (Å²) in [6.45, 7) is 2.05. The van der Waals surface area contributed by atoms with Crippen molar-refractivity contribution in [3.05, 3.63) is 59.7 Å². The zero-order valence-corrected chi connectivity index (χ0v) is 14.4.